The van der Waals surface area contributed by atoms with Crippen molar-refractivity contribution >= 4 is 21.9 Å². The van der Waals surface area contributed by atoms with Gasteiger partial charge < -0.3 is 9.84 Å². The van der Waals surface area contributed by atoms with Crippen molar-refractivity contribution in [2.75, 3.05) is 7.11 Å². The number of benzene rings is 1. The Hall–Kier alpha value is -1.54. The maximum atomic E-state index is 11.1. The van der Waals surface area contributed by atoms with Crippen molar-refractivity contribution in [1.29, 1.82) is 5.26 Å². The number of aromatic hydroxyl groups is 1. The summed E-state index contributed by atoms with van der Waals surface area (Å²) >= 11 is 3.22. The molecule has 0 unspecified atom stereocenters. The van der Waals surface area contributed by atoms with E-state index in [0.717, 1.165) is 0 Å². The summed E-state index contributed by atoms with van der Waals surface area (Å²) in [5.74, 6) is -0.497. The Morgan fingerprint density at radius 1 is 1.62 bits per heavy atom. The number of halogens is 1. The second-order valence-corrected chi connectivity index (χ2v) is 3.71. The normalized spacial score (nSPS) is 9.56. The number of methoxy groups -OCH3 is 1. The van der Waals surface area contributed by atoms with Gasteiger partial charge in [-0.25, -0.2) is 0 Å². The number of hydrogen-bond acceptors (Lipinski definition) is 4. The van der Waals surface area contributed by atoms with Gasteiger partial charge in [0, 0.05) is 5.33 Å². The predicted molar refractivity (Wildman–Crippen MR) is 61.2 cm³/mol. The Labute approximate surface area is 102 Å². The molecule has 16 heavy (non-hydrogen) atoms. The Morgan fingerprint density at radius 2 is 2.31 bits per heavy atom. The number of carbonyl (C=O) groups excluding carboxylic acids is 1. The number of ether oxygens (including phenoxy) is 1. The highest BCUT2D eigenvalue weighted by Gasteiger charge is 2.11. The maximum absolute atomic E-state index is 11.1. The van der Waals surface area contributed by atoms with Crippen LogP contribution in [0.1, 0.15) is 16.7 Å². The first-order valence-corrected chi connectivity index (χ1v) is 5.62. The van der Waals surface area contributed by atoms with E-state index >= 15 is 0 Å². The fraction of sp³-hybridized carbons (Fsp3) is 0.273. The third-order valence-electron chi connectivity index (χ3n) is 2.09. The quantitative estimate of drug-likeness (QED) is 0.679. The molecule has 0 amide bonds. The summed E-state index contributed by atoms with van der Waals surface area (Å²) in [4.78, 5) is 11.1. The minimum Gasteiger partial charge on any atom is -0.507 e. The molecule has 0 heterocycles. The largest absolute Gasteiger partial charge is 0.507 e. The molecule has 4 nitrogen and oxygen atoms in total. The minimum atomic E-state index is -0.385. The fourth-order valence-corrected chi connectivity index (χ4v) is 1.77. The van der Waals surface area contributed by atoms with Crippen molar-refractivity contribution in [3.63, 3.8) is 0 Å². The molecule has 0 atom stereocenters. The first kappa shape index (κ1) is 12.5. The van der Waals surface area contributed by atoms with Crippen LogP contribution < -0.4 is 0 Å². The first-order chi connectivity index (χ1) is 7.62. The summed E-state index contributed by atoms with van der Waals surface area (Å²) in [5.41, 5.74) is 1.50. The van der Waals surface area contributed by atoms with E-state index < -0.39 is 0 Å². The summed E-state index contributed by atoms with van der Waals surface area (Å²) in [5, 5.41) is 18.9. The smallest absolute Gasteiger partial charge is 0.309 e. The van der Waals surface area contributed by atoms with E-state index in [4.69, 9.17) is 5.26 Å². The standard InChI is InChI=1S/C11H10BrNO3/c1-16-11(15)4-7-2-8(5-12)9(6-13)10(14)3-7/h2-3,14H,4-5H2,1H3. The second-order valence-electron chi connectivity index (χ2n) is 3.15. The van der Waals surface area contributed by atoms with Gasteiger partial charge in [0.05, 0.1) is 19.1 Å². The van der Waals surface area contributed by atoms with Crippen LogP contribution in [-0.4, -0.2) is 18.2 Å². The van der Waals surface area contributed by atoms with Gasteiger partial charge in [0.15, 0.2) is 0 Å². The number of nitriles is 1. The van der Waals surface area contributed by atoms with Crippen LogP contribution in [0.4, 0.5) is 0 Å². The Morgan fingerprint density at radius 3 is 2.81 bits per heavy atom. The highest BCUT2D eigenvalue weighted by molar-refractivity contribution is 9.08. The lowest BCUT2D eigenvalue weighted by atomic mass is 10.0. The molecule has 0 aliphatic carbocycles. The van der Waals surface area contributed by atoms with Crippen LogP contribution >= 0.6 is 15.9 Å². The number of phenols is 1. The molecule has 5 heteroatoms. The summed E-state index contributed by atoms with van der Waals surface area (Å²) < 4.78 is 4.53. The van der Waals surface area contributed by atoms with E-state index in [0.29, 0.717) is 16.5 Å². The summed E-state index contributed by atoms with van der Waals surface area (Å²) in [6, 6.07) is 5.02. The molecular weight excluding hydrogens is 274 g/mol. The monoisotopic (exact) mass is 283 g/mol. The van der Waals surface area contributed by atoms with Gasteiger partial charge in [0.25, 0.3) is 0 Å². The van der Waals surface area contributed by atoms with E-state index in [9.17, 15) is 9.90 Å². The number of rotatable bonds is 3. The molecule has 0 aromatic heterocycles. The van der Waals surface area contributed by atoms with Crippen molar-refractivity contribution in [1.82, 2.24) is 0 Å². The van der Waals surface area contributed by atoms with Gasteiger partial charge in [-0.3, -0.25) is 4.79 Å². The van der Waals surface area contributed by atoms with Crippen molar-refractivity contribution in [2.24, 2.45) is 0 Å². The third-order valence-corrected chi connectivity index (χ3v) is 2.70. The van der Waals surface area contributed by atoms with Crippen LogP contribution in [0.15, 0.2) is 12.1 Å². The zero-order valence-electron chi connectivity index (χ0n) is 8.66. The van der Waals surface area contributed by atoms with Gasteiger partial charge in [-0.15, -0.1) is 0 Å². The van der Waals surface area contributed by atoms with Crippen molar-refractivity contribution < 1.29 is 14.6 Å². The summed E-state index contributed by atoms with van der Waals surface area (Å²) in [7, 11) is 1.30. The molecule has 84 valence electrons. The van der Waals surface area contributed by atoms with E-state index in [1.54, 1.807) is 6.07 Å². The third kappa shape index (κ3) is 2.74. The van der Waals surface area contributed by atoms with Crippen LogP contribution in [0.2, 0.25) is 0 Å². The molecule has 0 radical (unpaired) electrons. The highest BCUT2D eigenvalue weighted by atomic mass is 79.9. The minimum absolute atomic E-state index is 0.0791. The van der Waals surface area contributed by atoms with Gasteiger partial charge in [-0.1, -0.05) is 22.0 Å². The molecule has 0 aliphatic rings. The highest BCUT2D eigenvalue weighted by Crippen LogP contribution is 2.25. The number of nitrogens with zero attached hydrogens (tertiary/aromatic N) is 1. The van der Waals surface area contributed by atoms with Crippen molar-refractivity contribution in [3.05, 3.63) is 28.8 Å². The van der Waals surface area contributed by atoms with Crippen LogP contribution in [-0.2, 0) is 21.3 Å². The lowest BCUT2D eigenvalue weighted by Gasteiger charge is -2.06. The van der Waals surface area contributed by atoms with E-state index in [-0.39, 0.29) is 23.7 Å². The first-order valence-electron chi connectivity index (χ1n) is 4.50. The van der Waals surface area contributed by atoms with E-state index in [1.807, 2.05) is 6.07 Å². The molecule has 0 saturated heterocycles. The number of alkyl halides is 1. The van der Waals surface area contributed by atoms with Crippen molar-refractivity contribution in [3.8, 4) is 11.8 Å². The van der Waals surface area contributed by atoms with Crippen LogP contribution in [0, 0.1) is 11.3 Å². The molecule has 0 bridgehead atoms. The van der Waals surface area contributed by atoms with Gasteiger partial charge in [-0.05, 0) is 17.2 Å². The average molecular weight is 284 g/mol. The average Bonchev–Trinajstić information content (AvgIpc) is 2.28. The van der Waals surface area contributed by atoms with Crippen LogP contribution in [0.5, 0.6) is 5.75 Å². The number of phenolic OH excluding ortho intramolecular Hbond substituents is 1. The van der Waals surface area contributed by atoms with Gasteiger partial charge in [0.1, 0.15) is 11.8 Å². The number of hydrogen-bond donors (Lipinski definition) is 1. The summed E-state index contributed by atoms with van der Waals surface area (Å²) in [6.07, 6.45) is 0.0791. The Bertz CT molecular complexity index is 451. The molecular formula is C11H10BrNO3. The number of esters is 1. The van der Waals surface area contributed by atoms with Crippen molar-refractivity contribution in [2.45, 2.75) is 11.8 Å². The van der Waals surface area contributed by atoms with E-state index in [1.165, 1.54) is 13.2 Å². The Kier molecular flexibility index (Phi) is 4.32. The molecule has 1 aromatic rings. The molecule has 0 fully saturated rings. The zero-order valence-corrected chi connectivity index (χ0v) is 10.2. The molecule has 0 saturated carbocycles. The SMILES string of the molecule is COC(=O)Cc1cc(O)c(C#N)c(CBr)c1. The van der Waals surface area contributed by atoms with E-state index in [2.05, 4.69) is 20.7 Å². The van der Waals surface area contributed by atoms with Crippen LogP contribution in [0.25, 0.3) is 0 Å². The van der Waals surface area contributed by atoms with Gasteiger partial charge in [-0.2, -0.15) is 5.26 Å². The van der Waals surface area contributed by atoms with Gasteiger partial charge >= 0.3 is 5.97 Å². The molecule has 0 aliphatic heterocycles. The number of carbonyl (C=O) groups is 1. The topological polar surface area (TPSA) is 70.3 Å². The van der Waals surface area contributed by atoms with Crippen LogP contribution in [0.3, 0.4) is 0 Å². The second kappa shape index (κ2) is 5.52. The Balaban J connectivity index is 3.11. The fourth-order valence-electron chi connectivity index (χ4n) is 1.33. The molecule has 1 aromatic carbocycles. The summed E-state index contributed by atoms with van der Waals surface area (Å²) in [6.45, 7) is 0. The maximum Gasteiger partial charge on any atom is 0.309 e. The predicted octanol–water partition coefficient (Wildman–Crippen LogP) is 1.87. The molecule has 1 rings (SSSR count). The zero-order chi connectivity index (χ0) is 12.1. The molecule has 0 spiro atoms. The molecule has 1 N–H and O–H groups in total. The van der Waals surface area contributed by atoms with Gasteiger partial charge in [0.2, 0.25) is 0 Å². The lowest BCUT2D eigenvalue weighted by Crippen LogP contribution is -2.05. The lowest BCUT2D eigenvalue weighted by molar-refractivity contribution is -0.139.